The number of hydrogen-bond acceptors (Lipinski definition) is 6. The summed E-state index contributed by atoms with van der Waals surface area (Å²) in [7, 11) is -0.567. The number of para-hydroxylation sites is 1. The lowest BCUT2D eigenvalue weighted by atomic mass is 10.2. The van der Waals surface area contributed by atoms with Crippen molar-refractivity contribution in [2.24, 2.45) is 7.05 Å². The lowest BCUT2D eigenvalue weighted by Crippen LogP contribution is -2.10. The molecule has 0 spiro atoms. The third-order valence-electron chi connectivity index (χ3n) is 4.48. The Bertz CT molecular complexity index is 1250. The summed E-state index contributed by atoms with van der Waals surface area (Å²) in [6, 6.07) is 13.3. The van der Waals surface area contributed by atoms with E-state index in [1.807, 2.05) is 54.2 Å². The van der Waals surface area contributed by atoms with E-state index in [0.717, 1.165) is 21.9 Å². The average molecular weight is 427 g/mol. The summed E-state index contributed by atoms with van der Waals surface area (Å²) >= 11 is 6.30. The molecule has 148 valence electrons. The molecule has 0 bridgehead atoms. The zero-order valence-corrected chi connectivity index (χ0v) is 17.9. The number of aryl methyl sites for hydroxylation is 1. The first-order chi connectivity index (χ1) is 13.8. The van der Waals surface area contributed by atoms with Crippen molar-refractivity contribution < 1.29 is 4.57 Å². The number of fused-ring (bicyclic) bond motifs is 1. The summed E-state index contributed by atoms with van der Waals surface area (Å²) in [6.45, 7) is 3.47. The van der Waals surface area contributed by atoms with Crippen molar-refractivity contribution in [1.82, 2.24) is 19.7 Å². The molecule has 29 heavy (non-hydrogen) atoms. The van der Waals surface area contributed by atoms with E-state index >= 15 is 0 Å². The van der Waals surface area contributed by atoms with E-state index in [1.54, 1.807) is 19.5 Å². The fourth-order valence-corrected chi connectivity index (χ4v) is 4.36. The SMILES string of the molecule is Cn1ncc2cc(Nc3ncc(Cl)c(Nc4ccccc4P(C)(C)=O)n3)ccc21. The summed E-state index contributed by atoms with van der Waals surface area (Å²) in [4.78, 5) is 8.76. The number of hydrogen-bond donors (Lipinski definition) is 2. The number of nitrogens with zero attached hydrogens (tertiary/aromatic N) is 4. The van der Waals surface area contributed by atoms with Crippen molar-refractivity contribution in [3.63, 3.8) is 0 Å². The summed E-state index contributed by atoms with van der Waals surface area (Å²) in [6.07, 6.45) is 3.34. The van der Waals surface area contributed by atoms with Crippen LogP contribution in [0.1, 0.15) is 0 Å². The van der Waals surface area contributed by atoms with Crippen molar-refractivity contribution in [1.29, 1.82) is 0 Å². The minimum absolute atomic E-state index is 0.370. The molecule has 0 unspecified atom stereocenters. The molecule has 2 aromatic carbocycles. The molecule has 7 nitrogen and oxygen atoms in total. The Balaban J connectivity index is 1.63. The van der Waals surface area contributed by atoms with Gasteiger partial charge in [0.2, 0.25) is 5.95 Å². The van der Waals surface area contributed by atoms with E-state index in [2.05, 4.69) is 25.7 Å². The van der Waals surface area contributed by atoms with Crippen LogP contribution in [0.25, 0.3) is 10.9 Å². The molecule has 0 fully saturated rings. The maximum Gasteiger partial charge on any atom is 0.229 e. The van der Waals surface area contributed by atoms with E-state index in [1.165, 1.54) is 6.20 Å². The molecule has 0 saturated carbocycles. The molecule has 4 aromatic rings. The maximum atomic E-state index is 12.6. The first-order valence-corrected chi connectivity index (χ1v) is 11.9. The minimum atomic E-state index is -2.47. The molecule has 2 N–H and O–H groups in total. The first-order valence-electron chi connectivity index (χ1n) is 8.94. The Morgan fingerprint density at radius 2 is 1.86 bits per heavy atom. The number of rotatable bonds is 5. The molecule has 0 atom stereocenters. The van der Waals surface area contributed by atoms with Crippen LogP contribution >= 0.6 is 18.7 Å². The Morgan fingerprint density at radius 1 is 1.07 bits per heavy atom. The molecule has 4 rings (SSSR count). The van der Waals surface area contributed by atoms with Crippen molar-refractivity contribution in [2.45, 2.75) is 0 Å². The fraction of sp³-hybridized carbons (Fsp3) is 0.150. The van der Waals surface area contributed by atoms with Crippen LogP contribution in [0.4, 0.5) is 23.1 Å². The standard InChI is InChI=1S/C20H20ClN6OP/c1-27-17-9-8-14(10-13(17)11-23-27)24-20-22-12-15(21)19(26-20)25-16-6-4-5-7-18(16)29(2,3)28/h4-12H,1-3H3,(H2,22,24,25,26). The van der Waals surface area contributed by atoms with Gasteiger partial charge in [-0.05, 0) is 43.7 Å². The highest BCUT2D eigenvalue weighted by atomic mass is 35.5. The smallest absolute Gasteiger partial charge is 0.229 e. The molecule has 2 heterocycles. The van der Waals surface area contributed by atoms with E-state index in [4.69, 9.17) is 11.6 Å². The Labute approximate surface area is 173 Å². The van der Waals surface area contributed by atoms with Gasteiger partial charge in [-0.25, -0.2) is 4.98 Å². The van der Waals surface area contributed by atoms with Crippen LogP contribution < -0.4 is 15.9 Å². The van der Waals surface area contributed by atoms with E-state index < -0.39 is 7.14 Å². The monoisotopic (exact) mass is 426 g/mol. The predicted molar refractivity (Wildman–Crippen MR) is 120 cm³/mol. The predicted octanol–water partition coefficient (Wildman–Crippen LogP) is 4.75. The lowest BCUT2D eigenvalue weighted by Gasteiger charge is -2.15. The highest BCUT2D eigenvalue weighted by Gasteiger charge is 2.17. The van der Waals surface area contributed by atoms with Crippen molar-refractivity contribution >= 4 is 58.1 Å². The average Bonchev–Trinajstić information content (AvgIpc) is 3.04. The Kier molecular flexibility index (Phi) is 5.03. The molecule has 2 aromatic heterocycles. The summed E-state index contributed by atoms with van der Waals surface area (Å²) in [5, 5.41) is 12.8. The van der Waals surface area contributed by atoms with Crippen molar-refractivity contribution in [3.8, 4) is 0 Å². The Morgan fingerprint density at radius 3 is 2.66 bits per heavy atom. The first kappa shape index (κ1) is 19.4. The van der Waals surface area contributed by atoms with Gasteiger partial charge in [-0.3, -0.25) is 4.68 Å². The van der Waals surface area contributed by atoms with Gasteiger partial charge in [-0.15, -0.1) is 0 Å². The number of aromatic nitrogens is 4. The molecule has 0 amide bonds. The maximum absolute atomic E-state index is 12.6. The van der Waals surface area contributed by atoms with E-state index in [-0.39, 0.29) is 0 Å². The van der Waals surface area contributed by atoms with Crippen LogP contribution in [-0.4, -0.2) is 33.1 Å². The number of halogens is 1. The van der Waals surface area contributed by atoms with E-state index in [9.17, 15) is 4.57 Å². The zero-order chi connectivity index (χ0) is 20.6. The van der Waals surface area contributed by atoms with Crippen LogP contribution in [0.3, 0.4) is 0 Å². The molecule has 0 radical (unpaired) electrons. The van der Waals surface area contributed by atoms with Crippen molar-refractivity contribution in [3.05, 3.63) is 59.9 Å². The normalized spacial score (nSPS) is 11.6. The minimum Gasteiger partial charge on any atom is -0.338 e. The molecule has 0 aliphatic heterocycles. The topological polar surface area (TPSA) is 84.7 Å². The fourth-order valence-electron chi connectivity index (χ4n) is 3.06. The van der Waals surface area contributed by atoms with Gasteiger partial charge in [0, 0.05) is 23.4 Å². The third-order valence-corrected chi connectivity index (χ3v) is 6.31. The summed E-state index contributed by atoms with van der Waals surface area (Å²) in [5.74, 6) is 0.835. The molecule has 0 saturated heterocycles. The molecular formula is C20H20ClN6OP. The molecule has 9 heteroatoms. The Hall–Kier alpha value is -2.89. The molecular weight excluding hydrogens is 407 g/mol. The number of nitrogens with one attached hydrogen (secondary N) is 2. The zero-order valence-electron chi connectivity index (χ0n) is 16.2. The van der Waals surface area contributed by atoms with Crippen LogP contribution in [0, 0.1) is 0 Å². The van der Waals surface area contributed by atoms with Crippen LogP contribution in [0.2, 0.25) is 5.02 Å². The summed E-state index contributed by atoms with van der Waals surface area (Å²) in [5.41, 5.74) is 2.59. The lowest BCUT2D eigenvalue weighted by molar-refractivity contribution is 0.588. The second-order valence-corrected chi connectivity index (χ2v) is 10.6. The van der Waals surface area contributed by atoms with Crippen LogP contribution in [-0.2, 0) is 11.6 Å². The third kappa shape index (κ3) is 4.11. The number of benzene rings is 2. The highest BCUT2D eigenvalue weighted by Crippen LogP contribution is 2.38. The largest absolute Gasteiger partial charge is 0.338 e. The van der Waals surface area contributed by atoms with Gasteiger partial charge >= 0.3 is 0 Å². The van der Waals surface area contributed by atoms with E-state index in [0.29, 0.717) is 22.5 Å². The molecule has 0 aliphatic carbocycles. The highest BCUT2D eigenvalue weighted by molar-refractivity contribution is 7.70. The second kappa shape index (κ2) is 7.50. The van der Waals surface area contributed by atoms with Gasteiger partial charge in [-0.2, -0.15) is 10.1 Å². The van der Waals surface area contributed by atoms with Crippen LogP contribution in [0.5, 0.6) is 0 Å². The summed E-state index contributed by atoms with van der Waals surface area (Å²) < 4.78 is 14.4. The van der Waals surface area contributed by atoms with Gasteiger partial charge in [-0.1, -0.05) is 23.7 Å². The van der Waals surface area contributed by atoms with Gasteiger partial charge in [0.05, 0.1) is 23.6 Å². The van der Waals surface area contributed by atoms with Gasteiger partial charge in [0.1, 0.15) is 12.2 Å². The quantitative estimate of drug-likeness (QED) is 0.448. The van der Waals surface area contributed by atoms with Crippen LogP contribution in [0.15, 0.2) is 54.9 Å². The van der Waals surface area contributed by atoms with Gasteiger partial charge in [0.25, 0.3) is 0 Å². The van der Waals surface area contributed by atoms with Gasteiger partial charge < -0.3 is 15.2 Å². The number of anilines is 4. The molecule has 0 aliphatic rings. The van der Waals surface area contributed by atoms with Gasteiger partial charge in [0.15, 0.2) is 5.82 Å². The van der Waals surface area contributed by atoms with Crippen molar-refractivity contribution in [2.75, 3.05) is 24.0 Å². The second-order valence-electron chi connectivity index (χ2n) is 7.05.